The van der Waals surface area contributed by atoms with Crippen LogP contribution < -0.4 is 0 Å². The van der Waals surface area contributed by atoms with Crippen molar-refractivity contribution >= 4 is 0 Å². The summed E-state index contributed by atoms with van der Waals surface area (Å²) in [5.41, 5.74) is 0.725. The van der Waals surface area contributed by atoms with E-state index < -0.39 is 0 Å². The van der Waals surface area contributed by atoms with Crippen LogP contribution in [-0.2, 0) is 9.47 Å². The summed E-state index contributed by atoms with van der Waals surface area (Å²) in [6, 6.07) is 9.91. The van der Waals surface area contributed by atoms with Crippen LogP contribution in [0.1, 0.15) is 11.9 Å². The average molecular weight is 266 g/mol. The maximum absolute atomic E-state index is 9.69. The largest absolute Gasteiger partial charge is 0.395 e. The fourth-order valence-electron chi connectivity index (χ4n) is 2.64. The molecule has 1 aliphatic rings. The Bertz CT molecular complexity index is 392. The van der Waals surface area contributed by atoms with Gasteiger partial charge in [-0.05, 0) is 0 Å². The summed E-state index contributed by atoms with van der Waals surface area (Å²) in [4.78, 5) is 0. The molecule has 1 aliphatic heterocycles. The van der Waals surface area contributed by atoms with Crippen molar-refractivity contribution in [1.29, 1.82) is 0 Å². The second-order valence-electron chi connectivity index (χ2n) is 6.47. The summed E-state index contributed by atoms with van der Waals surface area (Å²) in [5, 5.41) is 9.69. The van der Waals surface area contributed by atoms with E-state index in [0.29, 0.717) is 13.2 Å². The summed E-state index contributed by atoms with van der Waals surface area (Å²) >= 11 is 0. The van der Waals surface area contributed by atoms with Gasteiger partial charge in [0, 0.05) is 5.56 Å². The SMILES string of the molecule is C[N+](C)(C)CC1(CO)COC(c2ccccc2)OC1. The van der Waals surface area contributed by atoms with E-state index >= 15 is 0 Å². The molecule has 0 bridgehead atoms. The highest BCUT2D eigenvalue weighted by Crippen LogP contribution is 2.32. The molecular formula is C15H24NO3+. The first-order chi connectivity index (χ1) is 8.94. The predicted octanol–water partition coefficient (Wildman–Crippen LogP) is 1.42. The van der Waals surface area contributed by atoms with Crippen molar-refractivity contribution in [3.63, 3.8) is 0 Å². The number of nitrogens with zero attached hydrogens (tertiary/aromatic N) is 1. The van der Waals surface area contributed by atoms with Gasteiger partial charge in [-0.15, -0.1) is 0 Å². The van der Waals surface area contributed by atoms with Crippen molar-refractivity contribution in [2.75, 3.05) is 47.5 Å². The van der Waals surface area contributed by atoms with Crippen LogP contribution in [0.25, 0.3) is 0 Å². The first-order valence-electron chi connectivity index (χ1n) is 6.64. The van der Waals surface area contributed by atoms with Gasteiger partial charge in [0.25, 0.3) is 0 Å². The third kappa shape index (κ3) is 3.76. The second kappa shape index (κ2) is 5.59. The van der Waals surface area contributed by atoms with Gasteiger partial charge < -0.3 is 19.1 Å². The molecule has 1 fully saturated rings. The molecule has 0 unspecified atom stereocenters. The minimum atomic E-state index is -0.312. The van der Waals surface area contributed by atoms with E-state index in [-0.39, 0.29) is 18.3 Å². The summed E-state index contributed by atoms with van der Waals surface area (Å²) in [5.74, 6) is 0. The number of ether oxygens (including phenoxy) is 2. The third-order valence-corrected chi connectivity index (χ3v) is 3.30. The van der Waals surface area contributed by atoms with Crippen LogP contribution in [0, 0.1) is 5.41 Å². The fraction of sp³-hybridized carbons (Fsp3) is 0.600. The number of benzene rings is 1. The van der Waals surface area contributed by atoms with Crippen LogP contribution in [0.3, 0.4) is 0 Å². The maximum atomic E-state index is 9.69. The van der Waals surface area contributed by atoms with Gasteiger partial charge in [0.2, 0.25) is 0 Å². The molecule has 0 radical (unpaired) electrons. The Morgan fingerprint density at radius 1 is 1.16 bits per heavy atom. The van der Waals surface area contributed by atoms with Crippen molar-refractivity contribution in [3.05, 3.63) is 35.9 Å². The number of quaternary nitrogens is 1. The number of hydrogen-bond donors (Lipinski definition) is 1. The van der Waals surface area contributed by atoms with Gasteiger partial charge in [0.15, 0.2) is 6.29 Å². The normalized spacial score (nSPS) is 28.3. The molecular weight excluding hydrogens is 242 g/mol. The molecule has 19 heavy (non-hydrogen) atoms. The van der Waals surface area contributed by atoms with Crippen LogP contribution >= 0.6 is 0 Å². The van der Waals surface area contributed by atoms with Gasteiger partial charge in [0.1, 0.15) is 0 Å². The molecule has 4 nitrogen and oxygen atoms in total. The number of rotatable bonds is 4. The fourth-order valence-corrected chi connectivity index (χ4v) is 2.64. The molecule has 1 heterocycles. The van der Waals surface area contributed by atoms with E-state index in [2.05, 4.69) is 21.1 Å². The molecule has 1 aromatic carbocycles. The molecule has 0 aromatic heterocycles. The van der Waals surface area contributed by atoms with E-state index in [1.165, 1.54) is 0 Å². The van der Waals surface area contributed by atoms with E-state index in [1.54, 1.807) is 0 Å². The Kier molecular flexibility index (Phi) is 4.26. The first kappa shape index (κ1) is 14.5. The van der Waals surface area contributed by atoms with Gasteiger partial charge in [0.05, 0.1) is 52.9 Å². The van der Waals surface area contributed by atoms with Crippen LogP contribution in [-0.4, -0.2) is 57.1 Å². The molecule has 106 valence electrons. The van der Waals surface area contributed by atoms with Crippen LogP contribution in [0.4, 0.5) is 0 Å². The standard InChI is InChI=1S/C15H24NO3/c1-16(2,3)9-15(10-17)11-18-14(19-12-15)13-7-5-4-6-8-13/h4-8,14,17H,9-12H2,1-3H3/q+1. The molecule has 1 aromatic rings. The zero-order valence-corrected chi connectivity index (χ0v) is 12.0. The predicted molar refractivity (Wildman–Crippen MR) is 73.5 cm³/mol. The molecule has 2 rings (SSSR count). The monoisotopic (exact) mass is 266 g/mol. The zero-order valence-electron chi connectivity index (χ0n) is 12.0. The zero-order chi connectivity index (χ0) is 13.9. The van der Waals surface area contributed by atoms with E-state index in [4.69, 9.17) is 9.47 Å². The molecule has 0 saturated carbocycles. The molecule has 0 amide bonds. The Morgan fingerprint density at radius 3 is 2.21 bits per heavy atom. The lowest BCUT2D eigenvalue weighted by atomic mass is 9.89. The highest BCUT2D eigenvalue weighted by molar-refractivity contribution is 5.16. The van der Waals surface area contributed by atoms with Crippen molar-refractivity contribution < 1.29 is 19.1 Å². The minimum Gasteiger partial charge on any atom is -0.395 e. The smallest absolute Gasteiger partial charge is 0.183 e. The van der Waals surface area contributed by atoms with Crippen molar-refractivity contribution in [1.82, 2.24) is 0 Å². The van der Waals surface area contributed by atoms with Crippen molar-refractivity contribution in [2.45, 2.75) is 6.29 Å². The molecule has 0 atom stereocenters. The lowest BCUT2D eigenvalue weighted by molar-refractivity contribution is -0.878. The van der Waals surface area contributed by atoms with Gasteiger partial charge >= 0.3 is 0 Å². The lowest BCUT2D eigenvalue weighted by Gasteiger charge is -2.42. The number of aliphatic hydroxyl groups excluding tert-OH is 1. The van der Waals surface area contributed by atoms with Crippen molar-refractivity contribution in [2.24, 2.45) is 5.41 Å². The van der Waals surface area contributed by atoms with E-state index in [1.807, 2.05) is 30.3 Å². The summed E-state index contributed by atoms with van der Waals surface area (Å²) in [7, 11) is 6.34. The Balaban J connectivity index is 2.01. The van der Waals surface area contributed by atoms with E-state index in [9.17, 15) is 5.11 Å². The summed E-state index contributed by atoms with van der Waals surface area (Å²) < 4.78 is 12.4. The molecule has 0 spiro atoms. The Morgan fingerprint density at radius 2 is 1.74 bits per heavy atom. The molecule has 0 aliphatic carbocycles. The highest BCUT2D eigenvalue weighted by atomic mass is 16.7. The highest BCUT2D eigenvalue weighted by Gasteiger charge is 2.41. The topological polar surface area (TPSA) is 38.7 Å². The third-order valence-electron chi connectivity index (χ3n) is 3.30. The molecule has 1 saturated heterocycles. The second-order valence-corrected chi connectivity index (χ2v) is 6.47. The number of hydrogen-bond acceptors (Lipinski definition) is 3. The van der Waals surface area contributed by atoms with E-state index in [0.717, 1.165) is 16.6 Å². The average Bonchev–Trinajstić information content (AvgIpc) is 2.39. The molecule has 1 N–H and O–H groups in total. The van der Waals surface area contributed by atoms with Gasteiger partial charge in [-0.25, -0.2) is 0 Å². The van der Waals surface area contributed by atoms with Crippen LogP contribution in [0.2, 0.25) is 0 Å². The van der Waals surface area contributed by atoms with Gasteiger partial charge in [-0.2, -0.15) is 0 Å². The van der Waals surface area contributed by atoms with Gasteiger partial charge in [-0.1, -0.05) is 30.3 Å². The van der Waals surface area contributed by atoms with Crippen molar-refractivity contribution in [3.8, 4) is 0 Å². The first-order valence-corrected chi connectivity index (χ1v) is 6.64. The molecule has 4 heteroatoms. The quantitative estimate of drug-likeness (QED) is 0.838. The summed E-state index contributed by atoms with van der Waals surface area (Å²) in [6.07, 6.45) is -0.312. The minimum absolute atomic E-state index is 0.0873. The Labute approximate surface area is 115 Å². The van der Waals surface area contributed by atoms with Gasteiger partial charge in [-0.3, -0.25) is 0 Å². The lowest BCUT2D eigenvalue weighted by Crippen LogP contribution is -2.53. The Hall–Kier alpha value is -0.940. The van der Waals surface area contributed by atoms with Crippen LogP contribution in [0.15, 0.2) is 30.3 Å². The summed E-state index contributed by atoms with van der Waals surface area (Å²) in [6.45, 7) is 1.96. The van der Waals surface area contributed by atoms with Crippen LogP contribution in [0.5, 0.6) is 0 Å². The maximum Gasteiger partial charge on any atom is 0.183 e. The number of aliphatic hydroxyl groups is 1.